The second-order valence-corrected chi connectivity index (χ2v) is 12.1. The Bertz CT molecular complexity index is 2070. The number of urea groups is 1. The van der Waals surface area contributed by atoms with Crippen LogP contribution in [-0.4, -0.2) is 61.9 Å². The molecule has 0 radical (unpaired) electrons. The maximum Gasteiger partial charge on any atom is 0.324 e. The molecule has 49 heavy (non-hydrogen) atoms. The summed E-state index contributed by atoms with van der Waals surface area (Å²) >= 11 is 0. The third-order valence-corrected chi connectivity index (χ3v) is 8.49. The number of unbranched alkanes of at least 4 members (excludes halogenated alkanes) is 1. The van der Waals surface area contributed by atoms with E-state index >= 15 is 0 Å². The zero-order valence-electron chi connectivity index (χ0n) is 27.6. The molecule has 5 heterocycles. The van der Waals surface area contributed by atoms with Gasteiger partial charge >= 0.3 is 6.03 Å². The number of benzene rings is 2. The molecule has 0 bridgehead atoms. The number of carbonyl (C=O) groups excluding carboxylic acids is 1. The van der Waals surface area contributed by atoms with E-state index in [1.807, 2.05) is 61.5 Å². The van der Waals surface area contributed by atoms with Crippen molar-refractivity contribution in [2.75, 3.05) is 47.0 Å². The van der Waals surface area contributed by atoms with E-state index in [2.05, 4.69) is 66.2 Å². The number of fused-ring (bicyclic) bond motifs is 1. The molecule has 6 aromatic rings. The van der Waals surface area contributed by atoms with E-state index in [0.717, 1.165) is 96.1 Å². The van der Waals surface area contributed by atoms with Crippen LogP contribution in [0.1, 0.15) is 31.0 Å². The summed E-state index contributed by atoms with van der Waals surface area (Å²) in [6, 6.07) is 23.2. The molecule has 0 spiro atoms. The van der Waals surface area contributed by atoms with E-state index in [1.165, 1.54) is 0 Å². The molecule has 4 aromatic heterocycles. The predicted molar refractivity (Wildman–Crippen MR) is 195 cm³/mol. The third kappa shape index (κ3) is 7.49. The summed E-state index contributed by atoms with van der Waals surface area (Å²) < 4.78 is 1.79. The Labute approximate surface area is 285 Å². The van der Waals surface area contributed by atoms with Crippen molar-refractivity contribution in [3.63, 3.8) is 0 Å². The largest absolute Gasteiger partial charge is 0.354 e. The topological polar surface area (TPSA) is 138 Å². The summed E-state index contributed by atoms with van der Waals surface area (Å²) in [7, 11) is 0. The van der Waals surface area contributed by atoms with Crippen LogP contribution in [0.5, 0.6) is 0 Å². The number of carbonyl (C=O) groups is 1. The van der Waals surface area contributed by atoms with Crippen LogP contribution in [0, 0.1) is 6.92 Å². The van der Waals surface area contributed by atoms with Crippen molar-refractivity contribution in [1.82, 2.24) is 35.0 Å². The van der Waals surface area contributed by atoms with E-state index < -0.39 is 0 Å². The molecule has 2 amide bonds. The minimum Gasteiger partial charge on any atom is -0.354 e. The molecule has 1 saturated heterocycles. The van der Waals surface area contributed by atoms with Crippen LogP contribution in [0.4, 0.5) is 33.8 Å². The van der Waals surface area contributed by atoms with Crippen LogP contribution in [0.25, 0.3) is 27.8 Å². The number of rotatable bonds is 10. The van der Waals surface area contributed by atoms with Gasteiger partial charge in [0.05, 0.1) is 22.6 Å². The van der Waals surface area contributed by atoms with Crippen molar-refractivity contribution >= 4 is 45.9 Å². The highest BCUT2D eigenvalue weighted by Gasteiger charge is 2.16. The second-order valence-electron chi connectivity index (χ2n) is 12.1. The molecule has 0 aliphatic carbocycles. The van der Waals surface area contributed by atoms with Crippen LogP contribution in [0.2, 0.25) is 0 Å². The number of pyridine rings is 2. The Hall–Kier alpha value is -5.88. The Balaban J connectivity index is 1.09. The van der Waals surface area contributed by atoms with E-state index in [0.29, 0.717) is 17.5 Å². The first-order valence-corrected chi connectivity index (χ1v) is 16.7. The molecular weight excluding hydrogens is 614 g/mol. The zero-order chi connectivity index (χ0) is 33.6. The summed E-state index contributed by atoms with van der Waals surface area (Å²) in [5.41, 5.74) is 6.71. The number of aryl methyl sites for hydroxylation is 2. The van der Waals surface area contributed by atoms with E-state index in [4.69, 9.17) is 10.1 Å². The minimum absolute atomic E-state index is 0.379. The summed E-state index contributed by atoms with van der Waals surface area (Å²) in [4.78, 5) is 33.9. The zero-order valence-corrected chi connectivity index (χ0v) is 27.6. The first-order chi connectivity index (χ1) is 24.0. The van der Waals surface area contributed by atoms with Gasteiger partial charge in [-0.1, -0.05) is 19.4 Å². The van der Waals surface area contributed by atoms with Crippen molar-refractivity contribution < 1.29 is 4.79 Å². The monoisotopic (exact) mass is 653 g/mol. The number of hydrogen-bond acceptors (Lipinski definition) is 9. The molecule has 1 aliphatic heterocycles. The lowest BCUT2D eigenvalue weighted by molar-refractivity contribution is 0.262. The summed E-state index contributed by atoms with van der Waals surface area (Å²) in [6.07, 6.45) is 8.08. The normalized spacial score (nSPS) is 13.0. The van der Waals surface area contributed by atoms with Gasteiger partial charge in [-0.15, -0.1) is 0 Å². The van der Waals surface area contributed by atoms with Crippen LogP contribution in [0.15, 0.2) is 91.4 Å². The first kappa shape index (κ1) is 31.7. The minimum atomic E-state index is -0.379. The fourth-order valence-electron chi connectivity index (χ4n) is 5.83. The van der Waals surface area contributed by atoms with Gasteiger partial charge in [0.2, 0.25) is 5.95 Å². The van der Waals surface area contributed by atoms with Crippen molar-refractivity contribution in [3.8, 4) is 16.9 Å². The average Bonchev–Trinajstić information content (AvgIpc) is 3.54. The number of aromatic nitrogens is 6. The first-order valence-electron chi connectivity index (χ1n) is 16.7. The molecule has 0 atom stereocenters. The molecule has 0 unspecified atom stereocenters. The number of amides is 2. The van der Waals surface area contributed by atoms with Gasteiger partial charge in [-0.25, -0.2) is 24.4 Å². The van der Waals surface area contributed by atoms with Gasteiger partial charge in [0, 0.05) is 73.2 Å². The number of nitrogens with one attached hydrogen (secondary N) is 4. The highest BCUT2D eigenvalue weighted by atomic mass is 16.2. The summed E-state index contributed by atoms with van der Waals surface area (Å²) in [5, 5.41) is 18.6. The van der Waals surface area contributed by atoms with Gasteiger partial charge in [0.1, 0.15) is 11.6 Å². The lowest BCUT2D eigenvalue weighted by Gasteiger charge is -2.28. The maximum atomic E-state index is 13.4. The van der Waals surface area contributed by atoms with Gasteiger partial charge in [0.15, 0.2) is 0 Å². The van der Waals surface area contributed by atoms with Gasteiger partial charge in [-0.05, 0) is 86.0 Å². The van der Waals surface area contributed by atoms with Gasteiger partial charge in [0.25, 0.3) is 0 Å². The molecule has 0 saturated carbocycles. The highest BCUT2D eigenvalue weighted by molar-refractivity contribution is 6.00. The van der Waals surface area contributed by atoms with E-state index in [1.54, 1.807) is 23.3 Å². The number of anilines is 5. The number of hydrogen-bond donors (Lipinski definition) is 4. The Kier molecular flexibility index (Phi) is 9.37. The maximum absolute atomic E-state index is 13.4. The standard InChI is InChI=1S/C37H39N11O/c1-3-4-7-29-23-35(48(46-29)30-11-12-31-26(21-30)9-13-34(42-31)47-19-17-38-18-20-47)45-37(49)41-28-10-8-25(2)33(22-28)44-36-40-16-14-32(43-36)27-6-5-15-39-24-27/h5-6,8-16,21-24,38H,3-4,7,17-20H2,1-2H3,(H,40,43,44)(H2,41,45,49). The molecule has 4 N–H and O–H groups in total. The molecule has 12 nitrogen and oxygen atoms in total. The van der Waals surface area contributed by atoms with E-state index in [-0.39, 0.29) is 6.03 Å². The van der Waals surface area contributed by atoms with Crippen LogP contribution in [-0.2, 0) is 6.42 Å². The summed E-state index contributed by atoms with van der Waals surface area (Å²) in [5.74, 6) is 2.02. The van der Waals surface area contributed by atoms with E-state index in [9.17, 15) is 4.79 Å². The van der Waals surface area contributed by atoms with Crippen LogP contribution in [0.3, 0.4) is 0 Å². The Morgan fingerprint density at radius 2 is 1.84 bits per heavy atom. The van der Waals surface area contributed by atoms with Gasteiger partial charge in [-0.2, -0.15) is 5.10 Å². The Morgan fingerprint density at radius 1 is 0.939 bits per heavy atom. The van der Waals surface area contributed by atoms with Crippen molar-refractivity contribution in [3.05, 3.63) is 103 Å². The molecule has 248 valence electrons. The quantitative estimate of drug-likeness (QED) is 0.127. The third-order valence-electron chi connectivity index (χ3n) is 8.49. The number of piperazine rings is 1. The molecule has 2 aromatic carbocycles. The van der Waals surface area contributed by atoms with Crippen molar-refractivity contribution in [2.24, 2.45) is 0 Å². The van der Waals surface area contributed by atoms with Gasteiger partial charge < -0.3 is 20.9 Å². The molecule has 12 heteroatoms. The van der Waals surface area contributed by atoms with Crippen LogP contribution < -0.4 is 26.2 Å². The SMILES string of the molecule is CCCCc1cc(NC(=O)Nc2ccc(C)c(Nc3nccc(-c4cccnc4)n3)c2)n(-c2ccc3nc(N4CCNCC4)ccc3c2)n1. The molecular formula is C37H39N11O. The van der Waals surface area contributed by atoms with Crippen molar-refractivity contribution in [1.29, 1.82) is 0 Å². The predicted octanol–water partition coefficient (Wildman–Crippen LogP) is 6.72. The highest BCUT2D eigenvalue weighted by Crippen LogP contribution is 2.27. The van der Waals surface area contributed by atoms with Gasteiger partial charge in [-0.3, -0.25) is 10.3 Å². The lowest BCUT2D eigenvalue weighted by atomic mass is 10.2. The lowest BCUT2D eigenvalue weighted by Crippen LogP contribution is -2.43. The average molecular weight is 654 g/mol. The van der Waals surface area contributed by atoms with Crippen molar-refractivity contribution in [2.45, 2.75) is 33.1 Å². The number of nitrogens with zero attached hydrogens (tertiary/aromatic N) is 7. The molecule has 7 rings (SSSR count). The summed E-state index contributed by atoms with van der Waals surface area (Å²) in [6.45, 7) is 7.94. The Morgan fingerprint density at radius 3 is 2.67 bits per heavy atom. The van der Waals surface area contributed by atoms with Crippen LogP contribution >= 0.6 is 0 Å². The fraction of sp³-hybridized carbons (Fsp3) is 0.243. The second kappa shape index (κ2) is 14.5. The fourth-order valence-corrected chi connectivity index (χ4v) is 5.83. The smallest absolute Gasteiger partial charge is 0.324 e. The molecule has 1 aliphatic rings. The molecule has 1 fully saturated rings.